The maximum Gasteiger partial charge on any atom is 0.269 e. The summed E-state index contributed by atoms with van der Waals surface area (Å²) in [5.74, 6) is -0.532. The lowest BCUT2D eigenvalue weighted by Gasteiger charge is -2.16. The highest BCUT2D eigenvalue weighted by Crippen LogP contribution is 2.19. The molecule has 8 nitrogen and oxygen atoms in total. The molecule has 132 valence electrons. The zero-order valence-electron chi connectivity index (χ0n) is 13.0. The summed E-state index contributed by atoms with van der Waals surface area (Å²) in [4.78, 5) is 21.8. The van der Waals surface area contributed by atoms with Gasteiger partial charge in [-0.25, -0.2) is 8.42 Å². The number of amides is 1. The van der Waals surface area contributed by atoms with Crippen molar-refractivity contribution < 1.29 is 18.1 Å². The Morgan fingerprint density at radius 3 is 2.24 bits per heavy atom. The minimum absolute atomic E-state index is 0.139. The van der Waals surface area contributed by atoms with Crippen molar-refractivity contribution in [1.82, 2.24) is 4.31 Å². The highest BCUT2D eigenvalue weighted by Gasteiger charge is 2.23. The van der Waals surface area contributed by atoms with Gasteiger partial charge in [-0.2, -0.15) is 4.31 Å². The number of nitrogens with one attached hydrogen (secondary N) is 1. The van der Waals surface area contributed by atoms with Crippen molar-refractivity contribution in [3.8, 4) is 0 Å². The second-order valence-electron chi connectivity index (χ2n) is 5.07. The van der Waals surface area contributed by atoms with E-state index >= 15 is 0 Å². The number of carbonyl (C=O) groups is 1. The number of anilines is 1. The first-order valence-electron chi connectivity index (χ1n) is 6.96. The number of halogens is 1. The number of hydrogen-bond acceptors (Lipinski definition) is 5. The molecule has 0 aromatic heterocycles. The molecule has 1 amide bonds. The fourth-order valence-corrected chi connectivity index (χ4v) is 3.19. The number of nitrogens with zero attached hydrogens (tertiary/aromatic N) is 2. The third-order valence-corrected chi connectivity index (χ3v) is 5.32. The molecule has 0 spiro atoms. The average molecular weight is 384 g/mol. The second kappa shape index (κ2) is 7.60. The summed E-state index contributed by atoms with van der Waals surface area (Å²) in [6, 6.07) is 10.8. The van der Waals surface area contributed by atoms with Gasteiger partial charge in [-0.3, -0.25) is 14.9 Å². The molecule has 0 saturated carbocycles. The van der Waals surface area contributed by atoms with Gasteiger partial charge in [-0.1, -0.05) is 11.6 Å². The summed E-state index contributed by atoms with van der Waals surface area (Å²) in [7, 11) is -2.70. The Labute approximate surface area is 149 Å². The van der Waals surface area contributed by atoms with Crippen molar-refractivity contribution in [2.24, 2.45) is 0 Å². The van der Waals surface area contributed by atoms with Gasteiger partial charge in [0.2, 0.25) is 15.9 Å². The van der Waals surface area contributed by atoms with E-state index in [1.165, 1.54) is 7.05 Å². The highest BCUT2D eigenvalue weighted by molar-refractivity contribution is 7.89. The molecule has 0 bridgehead atoms. The summed E-state index contributed by atoms with van der Waals surface area (Å²) in [6.45, 7) is -0.415. The van der Waals surface area contributed by atoms with Crippen LogP contribution in [0.1, 0.15) is 0 Å². The third kappa shape index (κ3) is 4.75. The van der Waals surface area contributed by atoms with Gasteiger partial charge in [0.1, 0.15) is 0 Å². The number of sulfonamides is 1. The second-order valence-corrected chi connectivity index (χ2v) is 7.55. The van der Waals surface area contributed by atoms with Crippen LogP contribution in [0, 0.1) is 10.1 Å². The van der Waals surface area contributed by atoms with Crippen LogP contribution in [0.25, 0.3) is 0 Å². The molecule has 1 N–H and O–H groups in total. The van der Waals surface area contributed by atoms with Crippen LogP contribution in [0.5, 0.6) is 0 Å². The lowest BCUT2D eigenvalue weighted by molar-refractivity contribution is -0.384. The van der Waals surface area contributed by atoms with Gasteiger partial charge in [0.15, 0.2) is 0 Å². The molecule has 2 aromatic rings. The maximum atomic E-state index is 12.4. The van der Waals surface area contributed by atoms with Crippen molar-refractivity contribution in [2.45, 2.75) is 4.90 Å². The predicted molar refractivity (Wildman–Crippen MR) is 93.0 cm³/mol. The van der Waals surface area contributed by atoms with Gasteiger partial charge in [-0.05, 0) is 36.4 Å². The SMILES string of the molecule is CN(CC(=O)Nc1ccc(Cl)cc1)S(=O)(=O)c1ccc([N+](=O)[O-])cc1. The lowest BCUT2D eigenvalue weighted by Crippen LogP contribution is -2.34. The molecular weight excluding hydrogens is 370 g/mol. The van der Waals surface area contributed by atoms with E-state index in [9.17, 15) is 23.3 Å². The van der Waals surface area contributed by atoms with Crippen LogP contribution in [-0.4, -0.2) is 37.1 Å². The van der Waals surface area contributed by atoms with Gasteiger partial charge < -0.3 is 5.32 Å². The van der Waals surface area contributed by atoms with Crippen molar-refractivity contribution in [3.63, 3.8) is 0 Å². The lowest BCUT2D eigenvalue weighted by atomic mass is 10.3. The van der Waals surface area contributed by atoms with Crippen molar-refractivity contribution in [2.75, 3.05) is 18.9 Å². The van der Waals surface area contributed by atoms with Crippen LogP contribution < -0.4 is 5.32 Å². The Balaban J connectivity index is 2.07. The van der Waals surface area contributed by atoms with Crippen LogP contribution in [-0.2, 0) is 14.8 Å². The zero-order valence-corrected chi connectivity index (χ0v) is 14.6. The van der Waals surface area contributed by atoms with E-state index in [-0.39, 0.29) is 10.6 Å². The molecular formula is C15H14ClN3O5S. The first-order valence-corrected chi connectivity index (χ1v) is 8.78. The molecule has 0 fully saturated rings. The summed E-state index contributed by atoms with van der Waals surface area (Å²) in [5.41, 5.74) is 0.262. The first kappa shape index (κ1) is 18.8. The van der Waals surface area contributed by atoms with E-state index in [0.29, 0.717) is 10.7 Å². The number of benzene rings is 2. The van der Waals surface area contributed by atoms with Gasteiger partial charge in [0, 0.05) is 29.9 Å². The Kier molecular flexibility index (Phi) is 5.73. The minimum Gasteiger partial charge on any atom is -0.325 e. The summed E-state index contributed by atoms with van der Waals surface area (Å²) >= 11 is 5.75. The number of rotatable bonds is 6. The molecule has 0 unspecified atom stereocenters. The molecule has 25 heavy (non-hydrogen) atoms. The van der Waals surface area contributed by atoms with E-state index in [0.717, 1.165) is 28.6 Å². The van der Waals surface area contributed by atoms with E-state index in [4.69, 9.17) is 11.6 Å². The third-order valence-electron chi connectivity index (χ3n) is 3.25. The van der Waals surface area contributed by atoms with Gasteiger partial charge in [0.05, 0.1) is 16.4 Å². The molecule has 2 rings (SSSR count). The zero-order chi connectivity index (χ0) is 18.6. The van der Waals surface area contributed by atoms with Crippen LogP contribution in [0.3, 0.4) is 0 Å². The molecule has 0 aliphatic heterocycles. The van der Waals surface area contributed by atoms with E-state index < -0.39 is 27.4 Å². The topological polar surface area (TPSA) is 110 Å². The number of carbonyl (C=O) groups excluding carboxylic acids is 1. The normalized spacial score (nSPS) is 11.3. The van der Waals surface area contributed by atoms with E-state index in [1.54, 1.807) is 24.3 Å². The minimum atomic E-state index is -3.95. The number of nitro groups is 1. The molecule has 0 aliphatic carbocycles. The van der Waals surface area contributed by atoms with Crippen molar-refractivity contribution >= 4 is 38.9 Å². The van der Waals surface area contributed by atoms with Crippen molar-refractivity contribution in [3.05, 3.63) is 63.7 Å². The molecule has 0 saturated heterocycles. The molecule has 2 aromatic carbocycles. The standard InChI is InChI=1S/C15H14ClN3O5S/c1-18(10-15(20)17-12-4-2-11(16)3-5-12)25(23,24)14-8-6-13(7-9-14)19(21)22/h2-9H,10H2,1H3,(H,17,20). The first-order chi connectivity index (χ1) is 11.7. The van der Waals surface area contributed by atoms with Gasteiger partial charge in [-0.15, -0.1) is 0 Å². The Morgan fingerprint density at radius 2 is 1.72 bits per heavy atom. The van der Waals surface area contributed by atoms with E-state index in [1.807, 2.05) is 0 Å². The molecule has 0 atom stereocenters. The number of nitro benzene ring substituents is 1. The molecule has 10 heteroatoms. The van der Waals surface area contributed by atoms with Crippen LogP contribution in [0.2, 0.25) is 5.02 Å². The number of non-ortho nitro benzene ring substituents is 1. The predicted octanol–water partition coefficient (Wildman–Crippen LogP) is 2.51. The van der Waals surface area contributed by atoms with E-state index in [2.05, 4.69) is 5.32 Å². The maximum absolute atomic E-state index is 12.4. The number of hydrogen-bond donors (Lipinski definition) is 1. The largest absolute Gasteiger partial charge is 0.325 e. The van der Waals surface area contributed by atoms with Crippen LogP contribution in [0.4, 0.5) is 11.4 Å². The fourth-order valence-electron chi connectivity index (χ4n) is 1.94. The summed E-state index contributed by atoms with van der Waals surface area (Å²) in [6.07, 6.45) is 0. The Morgan fingerprint density at radius 1 is 1.16 bits per heavy atom. The van der Waals surface area contributed by atoms with Gasteiger partial charge in [0.25, 0.3) is 5.69 Å². The highest BCUT2D eigenvalue weighted by atomic mass is 35.5. The Bertz CT molecular complexity index is 882. The molecule has 0 heterocycles. The molecule has 0 aliphatic rings. The van der Waals surface area contributed by atoms with Gasteiger partial charge >= 0.3 is 0 Å². The van der Waals surface area contributed by atoms with Crippen LogP contribution in [0.15, 0.2) is 53.4 Å². The molecule has 0 radical (unpaired) electrons. The monoisotopic (exact) mass is 383 g/mol. The van der Waals surface area contributed by atoms with Crippen LogP contribution >= 0.6 is 11.6 Å². The smallest absolute Gasteiger partial charge is 0.269 e. The van der Waals surface area contributed by atoms with Crippen molar-refractivity contribution in [1.29, 1.82) is 0 Å². The quantitative estimate of drug-likeness (QED) is 0.608. The Hall–Kier alpha value is -2.49. The number of likely N-dealkylation sites (N-methyl/N-ethyl adjacent to an activating group) is 1. The fraction of sp³-hybridized carbons (Fsp3) is 0.133. The summed E-state index contributed by atoms with van der Waals surface area (Å²) < 4.78 is 25.7. The summed E-state index contributed by atoms with van der Waals surface area (Å²) in [5, 5.41) is 13.7. The average Bonchev–Trinajstić information content (AvgIpc) is 2.57.